The first-order valence-electron chi connectivity index (χ1n) is 6.23. The van der Waals surface area contributed by atoms with Crippen LogP contribution in [0.5, 0.6) is 0 Å². The highest BCUT2D eigenvalue weighted by atomic mass is 16.1. The van der Waals surface area contributed by atoms with E-state index >= 15 is 0 Å². The molecule has 2 aromatic rings. The fourth-order valence-electron chi connectivity index (χ4n) is 1.96. The van der Waals surface area contributed by atoms with Crippen molar-refractivity contribution in [3.63, 3.8) is 0 Å². The van der Waals surface area contributed by atoms with Crippen LogP contribution in [0.2, 0.25) is 0 Å². The lowest BCUT2D eigenvalue weighted by molar-refractivity contribution is 0.0995. The van der Waals surface area contributed by atoms with Gasteiger partial charge in [0.1, 0.15) is 0 Å². The van der Waals surface area contributed by atoms with E-state index in [1.54, 1.807) is 10.9 Å². The Hall–Kier alpha value is -2.31. The molecule has 0 unspecified atom stereocenters. The number of amides is 1. The van der Waals surface area contributed by atoms with Crippen molar-refractivity contribution in [1.29, 1.82) is 0 Å². The second-order valence-electron chi connectivity index (χ2n) is 4.29. The van der Waals surface area contributed by atoms with Gasteiger partial charge in [-0.3, -0.25) is 14.2 Å². The van der Waals surface area contributed by atoms with Crippen LogP contribution in [0, 0.1) is 0 Å². The molecule has 0 radical (unpaired) electrons. The molecule has 1 amide bonds. The van der Waals surface area contributed by atoms with Gasteiger partial charge in [-0.25, -0.2) is 0 Å². The number of aryl methyl sites for hydroxylation is 2. The van der Waals surface area contributed by atoms with Gasteiger partial charge in [-0.1, -0.05) is 6.92 Å². The van der Waals surface area contributed by atoms with Crippen LogP contribution in [0.25, 0.3) is 0 Å². The summed E-state index contributed by atoms with van der Waals surface area (Å²) in [4.78, 5) is 11.1. The molecule has 0 saturated heterocycles. The summed E-state index contributed by atoms with van der Waals surface area (Å²) in [5.41, 5.74) is 13.3. The van der Waals surface area contributed by atoms with Gasteiger partial charge in [0, 0.05) is 12.7 Å². The predicted molar refractivity (Wildman–Crippen MR) is 71.5 cm³/mol. The maximum Gasteiger partial charge on any atom is 0.271 e. The Morgan fingerprint density at radius 2 is 2.11 bits per heavy atom. The van der Waals surface area contributed by atoms with Crippen molar-refractivity contribution in [1.82, 2.24) is 19.6 Å². The molecule has 0 aliphatic heterocycles. The second-order valence-corrected chi connectivity index (χ2v) is 4.29. The Kier molecular flexibility index (Phi) is 3.55. The van der Waals surface area contributed by atoms with Crippen LogP contribution in [0.4, 0.5) is 5.69 Å². The van der Waals surface area contributed by atoms with E-state index in [9.17, 15) is 4.79 Å². The van der Waals surface area contributed by atoms with Crippen LogP contribution in [0.3, 0.4) is 0 Å². The maximum atomic E-state index is 11.1. The van der Waals surface area contributed by atoms with E-state index in [1.165, 1.54) is 0 Å². The Bertz CT molecular complexity index is 597. The zero-order valence-electron chi connectivity index (χ0n) is 11.1. The number of nitrogen functional groups attached to an aromatic ring is 1. The summed E-state index contributed by atoms with van der Waals surface area (Å²) in [6.07, 6.45) is 2.49. The van der Waals surface area contributed by atoms with Gasteiger partial charge in [0.05, 0.1) is 23.6 Å². The van der Waals surface area contributed by atoms with E-state index in [1.807, 2.05) is 17.7 Å². The standard InChI is InChI=1S/C12H18N6O/c1-3-8-5-9(18(4-2)15-8)6-17-7-10(13)11(16-17)12(14)19/h5,7H,3-4,6,13H2,1-2H3,(H2,14,19). The van der Waals surface area contributed by atoms with Gasteiger partial charge in [-0.05, 0) is 19.4 Å². The number of nitrogens with zero attached hydrogens (tertiary/aromatic N) is 4. The Morgan fingerprint density at radius 1 is 1.37 bits per heavy atom. The molecular formula is C12H18N6O. The van der Waals surface area contributed by atoms with Crippen LogP contribution in [0.15, 0.2) is 12.3 Å². The molecule has 0 aliphatic rings. The minimum Gasteiger partial charge on any atom is -0.396 e. The number of nitrogens with two attached hydrogens (primary N) is 2. The largest absolute Gasteiger partial charge is 0.396 e. The molecule has 7 heteroatoms. The number of carbonyl (C=O) groups is 1. The molecule has 2 rings (SSSR count). The van der Waals surface area contributed by atoms with Crippen molar-refractivity contribution in [2.45, 2.75) is 33.4 Å². The number of hydrogen-bond donors (Lipinski definition) is 2. The number of anilines is 1. The Labute approximate surface area is 111 Å². The lowest BCUT2D eigenvalue weighted by Crippen LogP contribution is -2.14. The van der Waals surface area contributed by atoms with E-state index in [-0.39, 0.29) is 5.69 Å². The van der Waals surface area contributed by atoms with Crippen LogP contribution < -0.4 is 11.5 Å². The summed E-state index contributed by atoms with van der Waals surface area (Å²) < 4.78 is 3.53. The molecule has 7 nitrogen and oxygen atoms in total. The quantitative estimate of drug-likeness (QED) is 0.813. The molecule has 2 heterocycles. The monoisotopic (exact) mass is 262 g/mol. The smallest absolute Gasteiger partial charge is 0.271 e. The highest BCUT2D eigenvalue weighted by molar-refractivity contribution is 5.95. The Morgan fingerprint density at radius 3 is 2.63 bits per heavy atom. The lowest BCUT2D eigenvalue weighted by atomic mass is 10.3. The number of rotatable bonds is 5. The first kappa shape index (κ1) is 13.1. The molecular weight excluding hydrogens is 244 g/mol. The molecule has 102 valence electrons. The molecule has 0 bridgehead atoms. The molecule has 4 N–H and O–H groups in total. The van der Waals surface area contributed by atoms with Gasteiger partial charge in [-0.2, -0.15) is 10.2 Å². The summed E-state index contributed by atoms with van der Waals surface area (Å²) in [6.45, 7) is 5.39. The average molecular weight is 262 g/mol. The second kappa shape index (κ2) is 5.13. The van der Waals surface area contributed by atoms with Crippen molar-refractivity contribution in [2.75, 3.05) is 5.73 Å². The van der Waals surface area contributed by atoms with Crippen LogP contribution in [-0.4, -0.2) is 25.5 Å². The van der Waals surface area contributed by atoms with Crippen LogP contribution in [-0.2, 0) is 19.5 Å². The summed E-state index contributed by atoms with van der Waals surface area (Å²) in [5.74, 6) is -0.616. The number of aromatic nitrogens is 4. The highest BCUT2D eigenvalue weighted by Crippen LogP contribution is 2.12. The SMILES string of the molecule is CCc1cc(Cn2cc(N)c(C(N)=O)n2)n(CC)n1. The lowest BCUT2D eigenvalue weighted by Gasteiger charge is -2.04. The molecule has 0 aromatic carbocycles. The minimum atomic E-state index is -0.616. The maximum absolute atomic E-state index is 11.1. The molecule has 0 fully saturated rings. The van der Waals surface area contributed by atoms with E-state index in [2.05, 4.69) is 17.1 Å². The minimum absolute atomic E-state index is 0.110. The zero-order chi connectivity index (χ0) is 14.0. The molecule has 0 aliphatic carbocycles. The van der Waals surface area contributed by atoms with Crippen molar-refractivity contribution in [3.8, 4) is 0 Å². The molecule has 0 saturated carbocycles. The molecule has 19 heavy (non-hydrogen) atoms. The van der Waals surface area contributed by atoms with Crippen molar-refractivity contribution in [2.24, 2.45) is 5.73 Å². The Balaban J connectivity index is 2.28. The van der Waals surface area contributed by atoms with Crippen molar-refractivity contribution < 1.29 is 4.79 Å². The first-order chi connectivity index (χ1) is 9.05. The van der Waals surface area contributed by atoms with Crippen molar-refractivity contribution >= 4 is 11.6 Å². The fourth-order valence-corrected chi connectivity index (χ4v) is 1.96. The first-order valence-corrected chi connectivity index (χ1v) is 6.23. The average Bonchev–Trinajstić information content (AvgIpc) is 2.93. The van der Waals surface area contributed by atoms with Gasteiger partial charge >= 0.3 is 0 Å². The third-order valence-electron chi connectivity index (χ3n) is 2.92. The zero-order valence-corrected chi connectivity index (χ0v) is 11.1. The number of hydrogen-bond acceptors (Lipinski definition) is 4. The predicted octanol–water partition coefficient (Wildman–Crippen LogP) is 0.391. The van der Waals surface area contributed by atoms with E-state index in [0.29, 0.717) is 12.2 Å². The number of primary amides is 1. The van der Waals surface area contributed by atoms with Crippen LogP contribution in [0.1, 0.15) is 35.7 Å². The van der Waals surface area contributed by atoms with E-state index in [4.69, 9.17) is 11.5 Å². The molecule has 0 atom stereocenters. The third kappa shape index (κ3) is 2.59. The van der Waals surface area contributed by atoms with E-state index in [0.717, 1.165) is 24.4 Å². The van der Waals surface area contributed by atoms with E-state index < -0.39 is 5.91 Å². The normalized spacial score (nSPS) is 10.8. The van der Waals surface area contributed by atoms with Gasteiger partial charge in [0.25, 0.3) is 5.91 Å². The fraction of sp³-hybridized carbons (Fsp3) is 0.417. The topological polar surface area (TPSA) is 105 Å². The van der Waals surface area contributed by atoms with Gasteiger partial charge < -0.3 is 11.5 Å². The van der Waals surface area contributed by atoms with Gasteiger partial charge in [-0.15, -0.1) is 0 Å². The van der Waals surface area contributed by atoms with Gasteiger partial charge in [0.15, 0.2) is 5.69 Å². The summed E-state index contributed by atoms with van der Waals surface area (Å²) in [6, 6.07) is 2.03. The summed E-state index contributed by atoms with van der Waals surface area (Å²) in [7, 11) is 0. The summed E-state index contributed by atoms with van der Waals surface area (Å²) in [5, 5.41) is 8.55. The van der Waals surface area contributed by atoms with Gasteiger partial charge in [0.2, 0.25) is 0 Å². The van der Waals surface area contributed by atoms with Crippen molar-refractivity contribution in [3.05, 3.63) is 29.3 Å². The molecule has 0 spiro atoms. The molecule has 2 aromatic heterocycles. The third-order valence-corrected chi connectivity index (χ3v) is 2.92. The number of carbonyl (C=O) groups excluding carboxylic acids is 1. The van der Waals surface area contributed by atoms with Crippen LogP contribution >= 0.6 is 0 Å². The highest BCUT2D eigenvalue weighted by Gasteiger charge is 2.13. The summed E-state index contributed by atoms with van der Waals surface area (Å²) >= 11 is 0.